The summed E-state index contributed by atoms with van der Waals surface area (Å²) >= 11 is 0. The highest BCUT2D eigenvalue weighted by atomic mass is 16.6. The van der Waals surface area contributed by atoms with Crippen LogP contribution in [0.4, 0.5) is 17.3 Å². The lowest BCUT2D eigenvalue weighted by Crippen LogP contribution is -2.19. The van der Waals surface area contributed by atoms with Crippen LogP contribution >= 0.6 is 0 Å². The van der Waals surface area contributed by atoms with Crippen molar-refractivity contribution in [3.05, 3.63) is 16.4 Å². The van der Waals surface area contributed by atoms with Crippen LogP contribution in [0.1, 0.15) is 6.92 Å². The second kappa shape index (κ2) is 6.30. The molecule has 0 unspecified atom stereocenters. The van der Waals surface area contributed by atoms with Gasteiger partial charge < -0.3 is 15.5 Å². The minimum atomic E-state index is -0.706. The van der Waals surface area contributed by atoms with Crippen molar-refractivity contribution in [2.24, 2.45) is 5.84 Å². The van der Waals surface area contributed by atoms with Crippen LogP contribution in [0.15, 0.2) is 6.33 Å². The maximum absolute atomic E-state index is 11.1. The van der Waals surface area contributed by atoms with Crippen molar-refractivity contribution in [3.63, 3.8) is 0 Å². The molecule has 0 saturated carbocycles. The molecule has 1 aromatic rings. The second-order valence-corrected chi connectivity index (χ2v) is 2.98. The van der Waals surface area contributed by atoms with Gasteiger partial charge in [0.05, 0.1) is 11.5 Å². The molecular weight excluding hydrogens is 244 g/mol. The number of nitrogens with two attached hydrogens (primary N) is 1. The van der Waals surface area contributed by atoms with Gasteiger partial charge in [0.2, 0.25) is 11.6 Å². The van der Waals surface area contributed by atoms with Crippen molar-refractivity contribution < 1.29 is 14.5 Å². The fourth-order valence-electron chi connectivity index (χ4n) is 1.15. The molecule has 0 spiro atoms. The molecular formula is C8H12N6O4. The number of nitrogens with zero attached hydrogens (tertiary/aromatic N) is 3. The fraction of sp³-hybridized carbons (Fsp3) is 0.375. The first kappa shape index (κ1) is 13.6. The Hall–Kier alpha value is -2.49. The van der Waals surface area contributed by atoms with Crippen LogP contribution in [0.3, 0.4) is 0 Å². The van der Waals surface area contributed by atoms with E-state index in [1.165, 1.54) is 0 Å². The van der Waals surface area contributed by atoms with E-state index in [0.717, 1.165) is 6.33 Å². The summed E-state index contributed by atoms with van der Waals surface area (Å²) in [7, 11) is 0. The molecule has 18 heavy (non-hydrogen) atoms. The third-order valence-corrected chi connectivity index (χ3v) is 1.85. The van der Waals surface area contributed by atoms with Gasteiger partial charge in [0.1, 0.15) is 12.9 Å². The summed E-state index contributed by atoms with van der Waals surface area (Å²) in [5, 5.41) is 13.3. The Morgan fingerprint density at radius 2 is 2.22 bits per heavy atom. The molecule has 1 aromatic heterocycles. The third kappa shape index (κ3) is 3.25. The lowest BCUT2D eigenvalue weighted by Gasteiger charge is -2.07. The van der Waals surface area contributed by atoms with Crippen LogP contribution in [0.5, 0.6) is 0 Å². The molecule has 0 bridgehead atoms. The Balaban J connectivity index is 2.88. The largest absolute Gasteiger partial charge is 0.465 e. The summed E-state index contributed by atoms with van der Waals surface area (Å²) < 4.78 is 4.67. The first-order valence-corrected chi connectivity index (χ1v) is 4.95. The molecule has 4 N–H and O–H groups in total. The standard InChI is InChI=1S/C8H12N6O4/c1-2-18-5(15)3-10-7-6(14(16)17)8(13-9)12-4-11-7/h4H,2-3,9H2,1H3,(H2,10,11,12,13). The zero-order chi connectivity index (χ0) is 13.5. The number of nitro groups is 1. The topological polar surface area (TPSA) is 145 Å². The number of carbonyl (C=O) groups excluding carboxylic acids is 1. The number of hydrogen-bond acceptors (Lipinski definition) is 9. The number of nitrogens with one attached hydrogen (secondary N) is 2. The number of carbonyl (C=O) groups is 1. The van der Waals surface area contributed by atoms with E-state index in [2.05, 4.69) is 25.4 Å². The average Bonchev–Trinajstić information content (AvgIpc) is 2.35. The van der Waals surface area contributed by atoms with Gasteiger partial charge in [0.25, 0.3) is 0 Å². The Morgan fingerprint density at radius 1 is 1.56 bits per heavy atom. The van der Waals surface area contributed by atoms with Gasteiger partial charge in [0.15, 0.2) is 0 Å². The monoisotopic (exact) mass is 256 g/mol. The van der Waals surface area contributed by atoms with Gasteiger partial charge in [-0.15, -0.1) is 0 Å². The number of ether oxygens (including phenoxy) is 1. The first-order valence-electron chi connectivity index (χ1n) is 4.95. The smallest absolute Gasteiger partial charge is 0.354 e. The number of hydrazine groups is 1. The second-order valence-electron chi connectivity index (χ2n) is 2.98. The Morgan fingerprint density at radius 3 is 2.78 bits per heavy atom. The quantitative estimate of drug-likeness (QED) is 0.269. The summed E-state index contributed by atoms with van der Waals surface area (Å²) in [5.41, 5.74) is 1.64. The van der Waals surface area contributed by atoms with E-state index in [0.29, 0.717) is 0 Å². The molecule has 1 heterocycles. The molecule has 0 radical (unpaired) electrons. The molecule has 0 aliphatic heterocycles. The highest BCUT2D eigenvalue weighted by Crippen LogP contribution is 2.27. The van der Waals surface area contributed by atoms with Crippen molar-refractivity contribution >= 4 is 23.3 Å². The minimum absolute atomic E-state index is 0.115. The number of aromatic nitrogens is 2. The summed E-state index contributed by atoms with van der Waals surface area (Å²) in [5.74, 6) is 4.28. The Kier molecular flexibility index (Phi) is 4.75. The normalized spacial score (nSPS) is 9.67. The zero-order valence-corrected chi connectivity index (χ0v) is 9.54. The maximum atomic E-state index is 11.1. The van der Waals surface area contributed by atoms with Gasteiger partial charge in [-0.25, -0.2) is 15.8 Å². The SMILES string of the molecule is CCOC(=O)CNc1ncnc(NN)c1[N+](=O)[O-]. The molecule has 10 nitrogen and oxygen atoms in total. The highest BCUT2D eigenvalue weighted by molar-refractivity contribution is 5.77. The van der Waals surface area contributed by atoms with E-state index >= 15 is 0 Å². The van der Waals surface area contributed by atoms with Crippen LogP contribution in [0.25, 0.3) is 0 Å². The van der Waals surface area contributed by atoms with Crippen molar-refractivity contribution in [1.29, 1.82) is 0 Å². The first-order chi connectivity index (χ1) is 8.60. The van der Waals surface area contributed by atoms with Crippen molar-refractivity contribution in [3.8, 4) is 0 Å². The van der Waals surface area contributed by atoms with E-state index in [9.17, 15) is 14.9 Å². The van der Waals surface area contributed by atoms with Crippen LogP contribution < -0.4 is 16.6 Å². The Bertz CT molecular complexity index is 451. The fourth-order valence-corrected chi connectivity index (χ4v) is 1.15. The van der Waals surface area contributed by atoms with E-state index in [1.807, 2.05) is 0 Å². The summed E-state index contributed by atoms with van der Waals surface area (Å²) in [4.78, 5) is 28.5. The van der Waals surface area contributed by atoms with Gasteiger partial charge >= 0.3 is 11.7 Å². The van der Waals surface area contributed by atoms with Crippen molar-refractivity contribution in [2.45, 2.75) is 6.92 Å². The average molecular weight is 256 g/mol. The summed E-state index contributed by atoms with van der Waals surface area (Å²) in [6.07, 6.45) is 1.08. The molecule has 0 saturated heterocycles. The van der Waals surface area contributed by atoms with Crippen LogP contribution in [-0.4, -0.2) is 34.0 Å². The molecule has 1 rings (SSSR count). The van der Waals surface area contributed by atoms with Gasteiger partial charge in [-0.05, 0) is 6.92 Å². The van der Waals surface area contributed by atoms with Gasteiger partial charge in [-0.1, -0.05) is 0 Å². The van der Waals surface area contributed by atoms with Gasteiger partial charge in [0, 0.05) is 0 Å². The van der Waals surface area contributed by atoms with E-state index in [-0.39, 0.29) is 24.8 Å². The predicted molar refractivity (Wildman–Crippen MR) is 61.6 cm³/mol. The number of hydrogen-bond donors (Lipinski definition) is 3. The molecule has 0 atom stereocenters. The summed E-state index contributed by atoms with van der Waals surface area (Å²) in [6, 6.07) is 0. The third-order valence-electron chi connectivity index (χ3n) is 1.85. The number of anilines is 2. The van der Waals surface area contributed by atoms with E-state index in [1.54, 1.807) is 6.92 Å². The maximum Gasteiger partial charge on any atom is 0.354 e. The lowest BCUT2D eigenvalue weighted by molar-refractivity contribution is -0.383. The van der Waals surface area contributed by atoms with Crippen LogP contribution in [-0.2, 0) is 9.53 Å². The molecule has 98 valence electrons. The van der Waals surface area contributed by atoms with Crippen LogP contribution in [0.2, 0.25) is 0 Å². The predicted octanol–water partition coefficient (Wildman–Crippen LogP) is -0.355. The van der Waals surface area contributed by atoms with Crippen LogP contribution in [0, 0.1) is 10.1 Å². The van der Waals surface area contributed by atoms with Crippen molar-refractivity contribution in [2.75, 3.05) is 23.9 Å². The number of rotatable bonds is 6. The Labute approximate surface area is 102 Å². The molecule has 0 amide bonds. The number of nitrogen functional groups attached to an aromatic ring is 1. The van der Waals surface area contributed by atoms with E-state index < -0.39 is 16.6 Å². The molecule has 10 heteroatoms. The van der Waals surface area contributed by atoms with Gasteiger partial charge in [-0.3, -0.25) is 14.9 Å². The summed E-state index contributed by atoms with van der Waals surface area (Å²) in [6.45, 7) is 1.64. The molecule has 0 fully saturated rings. The lowest BCUT2D eigenvalue weighted by atomic mass is 10.4. The molecule has 0 aliphatic carbocycles. The number of esters is 1. The molecule has 0 aromatic carbocycles. The zero-order valence-electron chi connectivity index (χ0n) is 9.54. The van der Waals surface area contributed by atoms with E-state index in [4.69, 9.17) is 5.84 Å². The molecule has 0 aliphatic rings. The minimum Gasteiger partial charge on any atom is -0.465 e. The van der Waals surface area contributed by atoms with Gasteiger partial charge in [-0.2, -0.15) is 0 Å². The van der Waals surface area contributed by atoms with Crippen molar-refractivity contribution in [1.82, 2.24) is 9.97 Å². The highest BCUT2D eigenvalue weighted by Gasteiger charge is 2.22.